The van der Waals surface area contributed by atoms with Crippen molar-refractivity contribution < 1.29 is 17.7 Å². The third kappa shape index (κ3) is 7.60. The molecule has 0 fully saturated rings. The Balaban J connectivity index is 0.896. The molecule has 386 valence electrons. The molecule has 0 saturated heterocycles. The molecular weight excluding hydrogens is 969 g/mol. The Morgan fingerprint density at radius 1 is 0.418 bits per heavy atom. The Morgan fingerprint density at radius 3 is 1.51 bits per heavy atom. The first kappa shape index (κ1) is 48.1. The zero-order chi connectivity index (χ0) is 54.2. The summed E-state index contributed by atoms with van der Waals surface area (Å²) < 4.78 is 27.6. The lowest BCUT2D eigenvalue weighted by atomic mass is 9.86. The average molecular weight is 1030 g/mol. The molecule has 0 aliphatic heterocycles. The SMILES string of the molecule is C=C/C=C(\c1oc2c(C(C)(C)C)cccc2c1C)N(c1ccc2cc3c(cc2c1)oc1ccc2oc4cc5cc(N(c6ccccc6C)c6cccc7c6oc6c(C(C)(C)C)cccc67)ccc5cc4c2c13)c1ccccc1C. The van der Waals surface area contributed by atoms with Crippen LogP contribution >= 0.6 is 0 Å². The van der Waals surface area contributed by atoms with Crippen LogP contribution in [0.4, 0.5) is 28.4 Å². The second-order valence-corrected chi connectivity index (χ2v) is 23.5. The van der Waals surface area contributed by atoms with E-state index in [0.29, 0.717) is 0 Å². The highest BCUT2D eigenvalue weighted by Gasteiger charge is 2.29. The summed E-state index contributed by atoms with van der Waals surface area (Å²) in [6, 6.07) is 63.0. The summed E-state index contributed by atoms with van der Waals surface area (Å²) in [6.45, 7) is 24.1. The van der Waals surface area contributed by atoms with Crippen molar-refractivity contribution in [1.82, 2.24) is 0 Å². The number of allylic oxidation sites excluding steroid dienone is 2. The molecule has 0 aliphatic carbocycles. The molecule has 0 unspecified atom stereocenters. The number of hydrogen-bond donors (Lipinski definition) is 0. The molecule has 0 spiro atoms. The quantitative estimate of drug-likeness (QED) is 0.141. The normalized spacial score (nSPS) is 12.7. The van der Waals surface area contributed by atoms with E-state index in [0.717, 1.165) is 155 Å². The molecule has 79 heavy (non-hydrogen) atoms. The molecule has 6 heteroatoms. The van der Waals surface area contributed by atoms with Gasteiger partial charge in [-0.25, -0.2) is 0 Å². The van der Waals surface area contributed by atoms with E-state index < -0.39 is 0 Å². The smallest absolute Gasteiger partial charge is 0.159 e. The Hall–Kier alpha value is -9.26. The minimum absolute atomic E-state index is 0.0888. The lowest BCUT2D eigenvalue weighted by Gasteiger charge is -2.29. The van der Waals surface area contributed by atoms with Crippen LogP contribution in [-0.2, 0) is 10.8 Å². The van der Waals surface area contributed by atoms with Crippen molar-refractivity contribution in [3.63, 3.8) is 0 Å². The number of aryl methyl sites for hydroxylation is 3. The lowest BCUT2D eigenvalue weighted by Crippen LogP contribution is -2.17. The maximum atomic E-state index is 7.00. The Labute approximate surface area is 459 Å². The zero-order valence-electron chi connectivity index (χ0n) is 46.1. The van der Waals surface area contributed by atoms with Gasteiger partial charge in [0.05, 0.1) is 11.4 Å². The van der Waals surface area contributed by atoms with Gasteiger partial charge in [-0.3, -0.25) is 0 Å². The van der Waals surface area contributed by atoms with Gasteiger partial charge in [-0.15, -0.1) is 0 Å². The molecule has 10 aromatic carbocycles. The van der Waals surface area contributed by atoms with Crippen LogP contribution in [0.2, 0.25) is 0 Å². The van der Waals surface area contributed by atoms with Gasteiger partial charge in [0.2, 0.25) is 0 Å². The van der Waals surface area contributed by atoms with Crippen LogP contribution in [0.25, 0.3) is 104 Å². The number of fused-ring (bicyclic) bond motifs is 13. The minimum Gasteiger partial charge on any atom is -0.456 e. The Kier molecular flexibility index (Phi) is 10.7. The van der Waals surface area contributed by atoms with E-state index in [1.165, 1.54) is 11.1 Å². The van der Waals surface area contributed by atoms with Gasteiger partial charge in [0.1, 0.15) is 33.5 Å². The third-order valence-corrected chi connectivity index (χ3v) is 16.3. The second kappa shape index (κ2) is 17.6. The Morgan fingerprint density at radius 2 is 0.924 bits per heavy atom. The Bertz CT molecular complexity index is 4880. The zero-order valence-corrected chi connectivity index (χ0v) is 46.1. The first-order chi connectivity index (χ1) is 38.1. The molecule has 0 bridgehead atoms. The second-order valence-electron chi connectivity index (χ2n) is 23.5. The summed E-state index contributed by atoms with van der Waals surface area (Å²) in [5.74, 6) is 0.808. The molecule has 0 amide bonds. The summed E-state index contributed by atoms with van der Waals surface area (Å²) in [5.41, 5.74) is 17.5. The van der Waals surface area contributed by atoms with Crippen LogP contribution < -0.4 is 9.80 Å². The number of anilines is 5. The van der Waals surface area contributed by atoms with Gasteiger partial charge in [-0.05, 0) is 149 Å². The van der Waals surface area contributed by atoms with E-state index >= 15 is 0 Å². The largest absolute Gasteiger partial charge is 0.456 e. The molecule has 0 radical (unpaired) electrons. The van der Waals surface area contributed by atoms with Gasteiger partial charge in [-0.1, -0.05) is 151 Å². The van der Waals surface area contributed by atoms with Crippen LogP contribution in [-0.4, -0.2) is 0 Å². The molecule has 0 N–H and O–H groups in total. The minimum atomic E-state index is -0.104. The average Bonchev–Trinajstić information content (AvgIpc) is 4.33. The van der Waals surface area contributed by atoms with E-state index in [4.69, 9.17) is 17.7 Å². The van der Waals surface area contributed by atoms with Crippen molar-refractivity contribution in [2.75, 3.05) is 9.80 Å². The molecule has 4 heterocycles. The van der Waals surface area contributed by atoms with Gasteiger partial charge in [0.25, 0.3) is 0 Å². The summed E-state index contributed by atoms with van der Waals surface area (Å²) >= 11 is 0. The fourth-order valence-corrected chi connectivity index (χ4v) is 12.3. The molecule has 4 aromatic heterocycles. The van der Waals surface area contributed by atoms with Crippen LogP contribution in [0, 0.1) is 20.8 Å². The first-order valence-electron chi connectivity index (χ1n) is 27.3. The van der Waals surface area contributed by atoms with E-state index in [-0.39, 0.29) is 10.8 Å². The van der Waals surface area contributed by atoms with Gasteiger partial charge >= 0.3 is 0 Å². The standard InChI is InChI=1S/C73H60N2O4/c1-11-19-60(68-44(4)51-22-16-25-56(69(51)78-68)72(5,6)7)74(58-27-14-12-20-42(58)2)49-32-30-45-38-54-64(40-47(45)36-49)76-62-34-35-63-67(66(54)62)55-39-46-31-33-50(37-48(46)41-65(55)77-63)75(59-28-15-13-21-43(59)3)61-29-18-24-53-52-23-17-26-57(73(8,9)10)70(52)79-71(53)61/h11-41H,1H2,2-10H3/b60-19+. The van der Waals surface area contributed by atoms with Gasteiger partial charge in [0, 0.05) is 77.1 Å². The highest BCUT2D eigenvalue weighted by Crippen LogP contribution is 2.49. The molecule has 0 aliphatic rings. The van der Waals surface area contributed by atoms with Crippen molar-refractivity contribution in [3.05, 3.63) is 228 Å². The number of furan rings is 4. The van der Waals surface area contributed by atoms with E-state index in [9.17, 15) is 0 Å². The maximum Gasteiger partial charge on any atom is 0.159 e. The van der Waals surface area contributed by atoms with Crippen molar-refractivity contribution in [2.45, 2.75) is 73.1 Å². The van der Waals surface area contributed by atoms with Gasteiger partial charge in [-0.2, -0.15) is 0 Å². The molecule has 14 aromatic rings. The predicted molar refractivity (Wildman–Crippen MR) is 333 cm³/mol. The first-order valence-corrected chi connectivity index (χ1v) is 27.3. The maximum absolute atomic E-state index is 7.00. The van der Waals surface area contributed by atoms with Crippen LogP contribution in [0.1, 0.15) is 75.1 Å². The number of para-hydroxylation sites is 5. The fraction of sp³-hybridized carbons (Fsp3) is 0.151. The summed E-state index contributed by atoms with van der Waals surface area (Å²) in [7, 11) is 0. The summed E-state index contributed by atoms with van der Waals surface area (Å²) in [6.07, 6.45) is 3.92. The number of nitrogens with zero attached hydrogens (tertiary/aromatic N) is 2. The number of rotatable bonds is 8. The highest BCUT2D eigenvalue weighted by molar-refractivity contribution is 6.28. The lowest BCUT2D eigenvalue weighted by molar-refractivity contribution is 0.550. The van der Waals surface area contributed by atoms with Crippen molar-refractivity contribution in [2.24, 2.45) is 0 Å². The van der Waals surface area contributed by atoms with Crippen LogP contribution in [0.15, 0.2) is 212 Å². The van der Waals surface area contributed by atoms with Gasteiger partial charge in [0.15, 0.2) is 11.3 Å². The van der Waals surface area contributed by atoms with Crippen molar-refractivity contribution in [3.8, 4) is 0 Å². The summed E-state index contributed by atoms with van der Waals surface area (Å²) in [4.78, 5) is 4.65. The van der Waals surface area contributed by atoms with E-state index in [1.807, 2.05) is 18.2 Å². The van der Waals surface area contributed by atoms with Gasteiger partial charge < -0.3 is 27.5 Å². The van der Waals surface area contributed by atoms with Crippen molar-refractivity contribution in [1.29, 1.82) is 0 Å². The molecular formula is C73H60N2O4. The molecule has 14 rings (SSSR count). The number of hydrogen-bond acceptors (Lipinski definition) is 6. The fourth-order valence-electron chi connectivity index (χ4n) is 12.3. The van der Waals surface area contributed by atoms with Crippen LogP contribution in [0.3, 0.4) is 0 Å². The van der Waals surface area contributed by atoms with Crippen molar-refractivity contribution >= 4 is 132 Å². The predicted octanol–water partition coefficient (Wildman–Crippen LogP) is 21.8. The highest BCUT2D eigenvalue weighted by atomic mass is 16.3. The van der Waals surface area contributed by atoms with E-state index in [2.05, 4.69) is 249 Å². The number of benzene rings is 10. The summed E-state index contributed by atoms with van der Waals surface area (Å²) in [5, 5.41) is 11.8. The molecule has 0 saturated carbocycles. The van der Waals surface area contributed by atoms with E-state index in [1.54, 1.807) is 0 Å². The third-order valence-electron chi connectivity index (χ3n) is 16.3. The molecule has 6 nitrogen and oxygen atoms in total. The topological polar surface area (TPSA) is 59.0 Å². The molecule has 0 atom stereocenters. The van der Waals surface area contributed by atoms with Crippen LogP contribution in [0.5, 0.6) is 0 Å². The monoisotopic (exact) mass is 1030 g/mol.